The Bertz CT molecular complexity index is 565. The lowest BCUT2D eigenvalue weighted by molar-refractivity contribution is -0.134. The van der Waals surface area contributed by atoms with Gasteiger partial charge in [-0.2, -0.15) is 0 Å². The van der Waals surface area contributed by atoms with Gasteiger partial charge < -0.3 is 9.47 Å². The smallest absolute Gasteiger partial charge is 0.330 e. The quantitative estimate of drug-likeness (QED) is 0.252. The molecular formula is C21H28O3. The molecule has 0 radical (unpaired) electrons. The van der Waals surface area contributed by atoms with Crippen LogP contribution < -0.4 is 4.74 Å². The molecule has 0 saturated heterocycles. The molecule has 1 rings (SSSR count). The molecule has 24 heavy (non-hydrogen) atoms. The van der Waals surface area contributed by atoms with Crippen LogP contribution in [0.3, 0.4) is 0 Å². The average molecular weight is 328 g/mol. The van der Waals surface area contributed by atoms with E-state index in [1.165, 1.54) is 32.4 Å². The summed E-state index contributed by atoms with van der Waals surface area (Å²) in [6, 6.07) is 8.07. The molecule has 130 valence electrons. The van der Waals surface area contributed by atoms with E-state index >= 15 is 0 Å². The molecule has 0 aromatic heterocycles. The highest BCUT2D eigenvalue weighted by Crippen LogP contribution is 2.14. The Morgan fingerprint density at radius 3 is 2.50 bits per heavy atom. The number of hydrogen-bond donors (Lipinski definition) is 0. The van der Waals surface area contributed by atoms with Gasteiger partial charge in [0, 0.05) is 6.08 Å². The van der Waals surface area contributed by atoms with Crippen LogP contribution in [0, 0.1) is 0 Å². The minimum absolute atomic E-state index is 0.353. The van der Waals surface area contributed by atoms with E-state index in [9.17, 15) is 4.79 Å². The Kier molecular flexibility index (Phi) is 10.0. The predicted molar refractivity (Wildman–Crippen MR) is 100 cm³/mol. The third-order valence-electron chi connectivity index (χ3n) is 3.48. The molecule has 0 fully saturated rings. The molecule has 0 aliphatic heterocycles. The van der Waals surface area contributed by atoms with Crippen molar-refractivity contribution in [2.45, 2.75) is 39.5 Å². The molecule has 0 spiro atoms. The van der Waals surface area contributed by atoms with Gasteiger partial charge in [-0.05, 0) is 31.0 Å². The average Bonchev–Trinajstić information content (AvgIpc) is 2.60. The number of esters is 1. The van der Waals surface area contributed by atoms with Gasteiger partial charge in [-0.3, -0.25) is 0 Å². The Balaban J connectivity index is 2.44. The lowest BCUT2D eigenvalue weighted by atomic mass is 10.1. The molecule has 0 N–H and O–H groups in total. The number of rotatable bonds is 10. The minimum atomic E-state index is -0.353. The number of carbonyl (C=O) groups is 1. The van der Waals surface area contributed by atoms with Crippen LogP contribution in [0.2, 0.25) is 0 Å². The van der Waals surface area contributed by atoms with Crippen molar-refractivity contribution < 1.29 is 14.3 Å². The standard InChI is InChI=1S/C21H28O3/c1-4-5-6-7-17-24-20-15-13-19(14-16-20)12-11-18(2)9-8-10-21(22)23-3/h8-16H,4-7,17H2,1-3H3/b10-8+,12-11+,18-9+. The summed E-state index contributed by atoms with van der Waals surface area (Å²) in [7, 11) is 1.36. The van der Waals surface area contributed by atoms with Crippen LogP contribution in [0.1, 0.15) is 45.1 Å². The lowest BCUT2D eigenvalue weighted by Crippen LogP contribution is -1.96. The van der Waals surface area contributed by atoms with Crippen molar-refractivity contribution in [2.75, 3.05) is 13.7 Å². The van der Waals surface area contributed by atoms with Gasteiger partial charge in [0.1, 0.15) is 5.75 Å². The van der Waals surface area contributed by atoms with Crippen molar-refractivity contribution >= 4 is 12.0 Å². The molecule has 0 bridgehead atoms. The molecule has 0 heterocycles. The number of methoxy groups -OCH3 is 1. The normalized spacial score (nSPS) is 12.0. The predicted octanol–water partition coefficient (Wildman–Crippen LogP) is 5.33. The van der Waals surface area contributed by atoms with E-state index < -0.39 is 0 Å². The monoisotopic (exact) mass is 328 g/mol. The molecule has 3 nitrogen and oxygen atoms in total. The summed E-state index contributed by atoms with van der Waals surface area (Å²) in [5.41, 5.74) is 2.16. The third kappa shape index (κ3) is 8.99. The summed E-state index contributed by atoms with van der Waals surface area (Å²) in [6.45, 7) is 4.97. The van der Waals surface area contributed by atoms with Crippen LogP contribution in [-0.2, 0) is 9.53 Å². The van der Waals surface area contributed by atoms with Crippen molar-refractivity contribution in [3.05, 3.63) is 59.7 Å². The SMILES string of the molecule is CCCCCCOc1ccc(/C=C/C(C)=C/C=C/C(=O)OC)cc1. The highest BCUT2D eigenvalue weighted by atomic mass is 16.5. The van der Waals surface area contributed by atoms with Gasteiger partial charge in [0.05, 0.1) is 13.7 Å². The van der Waals surface area contributed by atoms with Crippen LogP contribution in [0.4, 0.5) is 0 Å². The molecular weight excluding hydrogens is 300 g/mol. The Hall–Kier alpha value is -2.29. The lowest BCUT2D eigenvalue weighted by Gasteiger charge is -2.06. The molecule has 0 aliphatic carbocycles. The maximum atomic E-state index is 11.0. The Morgan fingerprint density at radius 1 is 1.08 bits per heavy atom. The molecule has 1 aromatic carbocycles. The van der Waals surface area contributed by atoms with Gasteiger partial charge in [0.2, 0.25) is 0 Å². The first-order valence-corrected chi connectivity index (χ1v) is 8.49. The van der Waals surface area contributed by atoms with Crippen LogP contribution in [-0.4, -0.2) is 19.7 Å². The van der Waals surface area contributed by atoms with Gasteiger partial charge in [0.25, 0.3) is 0 Å². The van der Waals surface area contributed by atoms with E-state index in [0.29, 0.717) is 0 Å². The third-order valence-corrected chi connectivity index (χ3v) is 3.48. The van der Waals surface area contributed by atoms with E-state index in [4.69, 9.17) is 4.74 Å². The zero-order valence-corrected chi connectivity index (χ0v) is 15.0. The van der Waals surface area contributed by atoms with Crippen molar-refractivity contribution in [3.63, 3.8) is 0 Å². The Morgan fingerprint density at radius 2 is 1.83 bits per heavy atom. The van der Waals surface area contributed by atoms with E-state index in [0.717, 1.165) is 29.9 Å². The van der Waals surface area contributed by atoms with Gasteiger partial charge in [0.15, 0.2) is 0 Å². The summed E-state index contributed by atoms with van der Waals surface area (Å²) >= 11 is 0. The van der Waals surface area contributed by atoms with Crippen molar-refractivity contribution in [1.29, 1.82) is 0 Å². The summed E-state index contributed by atoms with van der Waals surface area (Å²) < 4.78 is 10.3. The number of ether oxygens (including phenoxy) is 2. The molecule has 0 amide bonds. The topological polar surface area (TPSA) is 35.5 Å². The fourth-order valence-corrected chi connectivity index (χ4v) is 2.02. The van der Waals surface area contributed by atoms with E-state index in [1.807, 2.05) is 49.4 Å². The van der Waals surface area contributed by atoms with Crippen LogP contribution in [0.15, 0.2) is 54.1 Å². The van der Waals surface area contributed by atoms with Crippen molar-refractivity contribution in [1.82, 2.24) is 0 Å². The van der Waals surface area contributed by atoms with Crippen LogP contribution in [0.25, 0.3) is 6.08 Å². The second-order valence-corrected chi connectivity index (χ2v) is 5.60. The summed E-state index contributed by atoms with van der Waals surface area (Å²) in [4.78, 5) is 11.0. The number of allylic oxidation sites excluding steroid dienone is 4. The van der Waals surface area contributed by atoms with Gasteiger partial charge in [-0.15, -0.1) is 0 Å². The molecule has 3 heteroatoms. The molecule has 0 atom stereocenters. The zero-order valence-electron chi connectivity index (χ0n) is 15.0. The summed E-state index contributed by atoms with van der Waals surface area (Å²) in [5.74, 6) is 0.560. The van der Waals surface area contributed by atoms with Crippen LogP contribution in [0.5, 0.6) is 5.75 Å². The first-order valence-electron chi connectivity index (χ1n) is 8.49. The summed E-state index contributed by atoms with van der Waals surface area (Å²) in [5, 5.41) is 0. The maximum absolute atomic E-state index is 11.0. The second kappa shape index (κ2) is 12.2. The summed E-state index contributed by atoms with van der Waals surface area (Å²) in [6.07, 6.45) is 13.8. The van der Waals surface area contributed by atoms with E-state index in [2.05, 4.69) is 11.7 Å². The highest BCUT2D eigenvalue weighted by molar-refractivity contribution is 5.82. The van der Waals surface area contributed by atoms with Gasteiger partial charge in [-0.1, -0.05) is 68.2 Å². The molecule has 0 saturated carbocycles. The fraction of sp³-hybridized carbons (Fsp3) is 0.381. The maximum Gasteiger partial charge on any atom is 0.330 e. The molecule has 1 aromatic rings. The van der Waals surface area contributed by atoms with E-state index in [-0.39, 0.29) is 5.97 Å². The first-order chi connectivity index (χ1) is 11.7. The highest BCUT2D eigenvalue weighted by Gasteiger charge is 1.94. The van der Waals surface area contributed by atoms with Crippen molar-refractivity contribution in [2.24, 2.45) is 0 Å². The molecule has 0 unspecified atom stereocenters. The van der Waals surface area contributed by atoms with E-state index in [1.54, 1.807) is 6.08 Å². The van der Waals surface area contributed by atoms with Crippen LogP contribution >= 0.6 is 0 Å². The Labute approximate surface area is 145 Å². The fourth-order valence-electron chi connectivity index (χ4n) is 2.02. The largest absolute Gasteiger partial charge is 0.494 e. The van der Waals surface area contributed by atoms with Crippen molar-refractivity contribution in [3.8, 4) is 5.75 Å². The first kappa shape index (κ1) is 19.8. The second-order valence-electron chi connectivity index (χ2n) is 5.60. The van der Waals surface area contributed by atoms with Gasteiger partial charge >= 0.3 is 5.97 Å². The zero-order chi connectivity index (χ0) is 17.6. The molecule has 0 aliphatic rings. The number of benzene rings is 1. The number of unbranched alkanes of at least 4 members (excludes halogenated alkanes) is 3. The minimum Gasteiger partial charge on any atom is -0.494 e. The van der Waals surface area contributed by atoms with Gasteiger partial charge in [-0.25, -0.2) is 4.79 Å². The number of hydrogen-bond acceptors (Lipinski definition) is 3. The number of carbonyl (C=O) groups excluding carboxylic acids is 1.